The second-order valence-electron chi connectivity index (χ2n) is 4.94. The Labute approximate surface area is 135 Å². The molecule has 0 radical (unpaired) electrons. The summed E-state index contributed by atoms with van der Waals surface area (Å²) in [6.45, 7) is 3.66. The molecule has 2 amide bonds. The summed E-state index contributed by atoms with van der Waals surface area (Å²) >= 11 is 1.20. The van der Waals surface area contributed by atoms with Crippen LogP contribution in [0.15, 0.2) is 34.9 Å². The summed E-state index contributed by atoms with van der Waals surface area (Å²) < 4.78 is 5.03. The maximum Gasteiger partial charge on any atom is 0.291 e. The minimum absolute atomic E-state index is 0.217. The first-order valence-electron chi connectivity index (χ1n) is 6.81. The van der Waals surface area contributed by atoms with Gasteiger partial charge in [0.25, 0.3) is 11.8 Å². The summed E-state index contributed by atoms with van der Waals surface area (Å²) in [6.07, 6.45) is 1.43. The van der Waals surface area contributed by atoms with Crippen molar-refractivity contribution in [1.82, 2.24) is 10.2 Å². The van der Waals surface area contributed by atoms with Gasteiger partial charge in [-0.2, -0.15) is 5.10 Å². The van der Waals surface area contributed by atoms with Gasteiger partial charge in [-0.25, -0.2) is 0 Å². The van der Waals surface area contributed by atoms with Gasteiger partial charge >= 0.3 is 0 Å². The first-order valence-corrected chi connectivity index (χ1v) is 7.63. The summed E-state index contributed by atoms with van der Waals surface area (Å²) in [5.41, 5.74) is 1.63. The number of anilines is 2. The van der Waals surface area contributed by atoms with Crippen LogP contribution in [0.1, 0.15) is 31.5 Å². The molecule has 8 heteroatoms. The van der Waals surface area contributed by atoms with Gasteiger partial charge in [-0.05, 0) is 37.6 Å². The number of H-pyrrole nitrogens is 1. The molecule has 0 spiro atoms. The average molecular weight is 330 g/mol. The summed E-state index contributed by atoms with van der Waals surface area (Å²) in [7, 11) is 0. The van der Waals surface area contributed by atoms with E-state index in [1.807, 2.05) is 13.8 Å². The standard InChI is InChI=1S/C15H14N4O3S/c1-8-6-12(17-14(20)10-4-3-5-22-10)23-13(8)15(21)16-11-7-9(2)18-19-11/h3-7H,1-2H3,(H,17,20)(H2,16,18,19,21). The molecule has 3 aromatic heterocycles. The number of aryl methyl sites for hydroxylation is 2. The number of amides is 2. The lowest BCUT2D eigenvalue weighted by Crippen LogP contribution is -2.11. The number of hydrogen-bond acceptors (Lipinski definition) is 5. The van der Waals surface area contributed by atoms with Crippen molar-refractivity contribution in [3.63, 3.8) is 0 Å². The lowest BCUT2D eigenvalue weighted by molar-refractivity contribution is 0.0995. The third kappa shape index (κ3) is 3.32. The van der Waals surface area contributed by atoms with Crippen molar-refractivity contribution < 1.29 is 14.0 Å². The second-order valence-corrected chi connectivity index (χ2v) is 6.00. The van der Waals surface area contributed by atoms with E-state index in [2.05, 4.69) is 20.8 Å². The molecule has 3 heterocycles. The normalized spacial score (nSPS) is 10.5. The van der Waals surface area contributed by atoms with Crippen LogP contribution in [0.25, 0.3) is 0 Å². The van der Waals surface area contributed by atoms with E-state index >= 15 is 0 Å². The molecule has 23 heavy (non-hydrogen) atoms. The number of carbonyl (C=O) groups is 2. The minimum Gasteiger partial charge on any atom is -0.459 e. The van der Waals surface area contributed by atoms with E-state index in [1.165, 1.54) is 17.6 Å². The van der Waals surface area contributed by atoms with Crippen molar-refractivity contribution in [3.8, 4) is 0 Å². The highest BCUT2D eigenvalue weighted by atomic mass is 32.1. The number of furan rings is 1. The fourth-order valence-corrected chi connectivity index (χ4v) is 2.97. The molecule has 0 unspecified atom stereocenters. The third-order valence-corrected chi connectivity index (χ3v) is 4.20. The number of aromatic amines is 1. The largest absolute Gasteiger partial charge is 0.459 e. The second kappa shape index (κ2) is 6.09. The fraction of sp³-hybridized carbons (Fsp3) is 0.133. The van der Waals surface area contributed by atoms with Crippen LogP contribution >= 0.6 is 11.3 Å². The molecule has 0 aliphatic rings. The number of thiophene rings is 1. The number of hydrogen-bond donors (Lipinski definition) is 3. The molecule has 0 fully saturated rings. The highest BCUT2D eigenvalue weighted by Gasteiger charge is 2.17. The quantitative estimate of drug-likeness (QED) is 0.684. The van der Waals surface area contributed by atoms with Gasteiger partial charge in [-0.15, -0.1) is 11.3 Å². The Morgan fingerprint density at radius 2 is 2.04 bits per heavy atom. The van der Waals surface area contributed by atoms with Crippen molar-refractivity contribution >= 4 is 34.0 Å². The summed E-state index contributed by atoms with van der Waals surface area (Å²) in [5.74, 6) is 0.0548. The van der Waals surface area contributed by atoms with Gasteiger partial charge in [0, 0.05) is 11.8 Å². The maximum absolute atomic E-state index is 12.3. The Bertz CT molecular complexity index is 848. The molecule has 0 bridgehead atoms. The first kappa shape index (κ1) is 15.0. The van der Waals surface area contributed by atoms with Gasteiger partial charge in [0.1, 0.15) is 0 Å². The number of rotatable bonds is 4. The van der Waals surface area contributed by atoms with Gasteiger partial charge < -0.3 is 15.1 Å². The average Bonchev–Trinajstić information content (AvgIpc) is 3.21. The fourth-order valence-electron chi connectivity index (χ4n) is 2.01. The number of nitrogens with one attached hydrogen (secondary N) is 3. The van der Waals surface area contributed by atoms with Gasteiger partial charge in [-0.3, -0.25) is 14.7 Å². The van der Waals surface area contributed by atoms with E-state index in [4.69, 9.17) is 4.42 Å². The lowest BCUT2D eigenvalue weighted by Gasteiger charge is -2.00. The van der Waals surface area contributed by atoms with Crippen LogP contribution in [0.2, 0.25) is 0 Å². The molecule has 7 nitrogen and oxygen atoms in total. The third-order valence-electron chi connectivity index (χ3n) is 3.05. The number of nitrogens with zero attached hydrogens (tertiary/aromatic N) is 1. The summed E-state index contributed by atoms with van der Waals surface area (Å²) in [5, 5.41) is 12.7. The molecule has 0 aliphatic heterocycles. The predicted molar refractivity (Wildman–Crippen MR) is 87.0 cm³/mol. The van der Waals surface area contributed by atoms with E-state index in [9.17, 15) is 9.59 Å². The van der Waals surface area contributed by atoms with Gasteiger partial charge in [-0.1, -0.05) is 0 Å². The molecule has 3 aromatic rings. The zero-order valence-electron chi connectivity index (χ0n) is 12.5. The van der Waals surface area contributed by atoms with E-state index in [-0.39, 0.29) is 17.6 Å². The van der Waals surface area contributed by atoms with Crippen LogP contribution in [0.3, 0.4) is 0 Å². The molecule has 0 aromatic carbocycles. The van der Waals surface area contributed by atoms with Gasteiger partial charge in [0.15, 0.2) is 11.6 Å². The van der Waals surface area contributed by atoms with Crippen LogP contribution in [0.5, 0.6) is 0 Å². The van der Waals surface area contributed by atoms with E-state index in [0.717, 1.165) is 11.3 Å². The van der Waals surface area contributed by atoms with E-state index < -0.39 is 0 Å². The minimum atomic E-state index is -0.355. The zero-order chi connectivity index (χ0) is 16.4. The van der Waals surface area contributed by atoms with Crippen molar-refractivity contribution in [2.45, 2.75) is 13.8 Å². The molecule has 3 N–H and O–H groups in total. The SMILES string of the molecule is Cc1cc(NC(=O)c2sc(NC(=O)c3ccco3)cc2C)n[nH]1. The smallest absolute Gasteiger partial charge is 0.291 e. The Kier molecular flexibility index (Phi) is 3.98. The van der Waals surface area contributed by atoms with E-state index in [0.29, 0.717) is 15.7 Å². The topological polar surface area (TPSA) is 100 Å². The Morgan fingerprint density at radius 1 is 1.22 bits per heavy atom. The summed E-state index contributed by atoms with van der Waals surface area (Å²) in [4.78, 5) is 24.7. The highest BCUT2D eigenvalue weighted by Crippen LogP contribution is 2.27. The van der Waals surface area contributed by atoms with Crippen LogP contribution in [-0.2, 0) is 0 Å². The van der Waals surface area contributed by atoms with Gasteiger partial charge in [0.05, 0.1) is 16.1 Å². The molecule has 118 valence electrons. The van der Waals surface area contributed by atoms with Crippen LogP contribution in [0, 0.1) is 13.8 Å². The first-order chi connectivity index (χ1) is 11.0. The van der Waals surface area contributed by atoms with Crippen molar-refractivity contribution in [3.05, 3.63) is 52.4 Å². The zero-order valence-corrected chi connectivity index (χ0v) is 13.3. The Hall–Kier alpha value is -2.87. The van der Waals surface area contributed by atoms with Crippen molar-refractivity contribution in [2.24, 2.45) is 0 Å². The van der Waals surface area contributed by atoms with Crippen LogP contribution < -0.4 is 10.6 Å². The molecule has 3 rings (SSSR count). The highest BCUT2D eigenvalue weighted by molar-refractivity contribution is 7.18. The number of aromatic nitrogens is 2. The van der Waals surface area contributed by atoms with Crippen molar-refractivity contribution in [1.29, 1.82) is 0 Å². The Morgan fingerprint density at radius 3 is 2.70 bits per heavy atom. The maximum atomic E-state index is 12.3. The van der Waals surface area contributed by atoms with Crippen LogP contribution in [0.4, 0.5) is 10.8 Å². The Balaban J connectivity index is 1.72. The number of carbonyl (C=O) groups excluding carboxylic acids is 2. The molecule has 0 aliphatic carbocycles. The molecular formula is C15H14N4O3S. The van der Waals surface area contributed by atoms with E-state index in [1.54, 1.807) is 24.3 Å². The molecule has 0 atom stereocenters. The molecular weight excluding hydrogens is 316 g/mol. The summed E-state index contributed by atoms with van der Waals surface area (Å²) in [6, 6.07) is 6.69. The van der Waals surface area contributed by atoms with Crippen molar-refractivity contribution in [2.75, 3.05) is 10.6 Å². The molecule has 0 saturated carbocycles. The monoisotopic (exact) mass is 330 g/mol. The molecule has 0 saturated heterocycles. The van der Waals surface area contributed by atoms with Crippen LogP contribution in [-0.4, -0.2) is 22.0 Å². The van der Waals surface area contributed by atoms with Gasteiger partial charge in [0.2, 0.25) is 0 Å². The predicted octanol–water partition coefficient (Wildman–Crippen LogP) is 3.19. The lowest BCUT2D eigenvalue weighted by atomic mass is 10.2.